The second-order valence-electron chi connectivity index (χ2n) is 3.73. The summed E-state index contributed by atoms with van der Waals surface area (Å²) in [5.74, 6) is -0.645. The van der Waals surface area contributed by atoms with Crippen LogP contribution in [0.5, 0.6) is 0 Å². The number of alkyl halides is 4. The lowest BCUT2D eigenvalue weighted by atomic mass is 10.1. The predicted octanol–water partition coefficient (Wildman–Crippen LogP) is 4.18. The highest BCUT2D eigenvalue weighted by molar-refractivity contribution is 9.10. The summed E-state index contributed by atoms with van der Waals surface area (Å²) in [6.45, 7) is 1.80. The molecular weight excluding hydrogens is 348 g/mol. The average molecular weight is 360 g/mol. The first-order valence-corrected chi connectivity index (χ1v) is 6.65. The molecule has 0 spiro atoms. The molecule has 2 nitrogen and oxygen atoms in total. The average Bonchev–Trinajstić information content (AvgIpc) is 2.30. The Hall–Kier alpha value is -0.750. The molecule has 1 rings (SSSR count). The van der Waals surface area contributed by atoms with Crippen LogP contribution in [0.25, 0.3) is 0 Å². The highest BCUT2D eigenvalue weighted by Gasteiger charge is 2.31. The van der Waals surface area contributed by atoms with Crippen LogP contribution in [0.2, 0.25) is 0 Å². The highest BCUT2D eigenvalue weighted by Crippen LogP contribution is 2.32. The molecule has 0 saturated heterocycles. The zero-order valence-corrected chi connectivity index (χ0v) is 12.3. The SMILES string of the molecule is CCOC(=O)C(Cl)Cc1cc(C(F)(F)F)ccc1Br. The minimum absolute atomic E-state index is 0.0368. The molecule has 0 heterocycles. The van der Waals surface area contributed by atoms with Gasteiger partial charge in [0.1, 0.15) is 5.38 Å². The number of carbonyl (C=O) groups is 1. The van der Waals surface area contributed by atoms with Crippen LogP contribution in [0, 0.1) is 0 Å². The molecule has 7 heteroatoms. The Morgan fingerprint density at radius 3 is 2.63 bits per heavy atom. The number of esters is 1. The fraction of sp³-hybridized carbons (Fsp3) is 0.417. The summed E-state index contributed by atoms with van der Waals surface area (Å²) in [6, 6.07) is 3.22. The Morgan fingerprint density at radius 1 is 1.47 bits per heavy atom. The van der Waals surface area contributed by atoms with Gasteiger partial charge in [-0.1, -0.05) is 15.9 Å². The minimum atomic E-state index is -4.43. The molecule has 1 atom stereocenters. The minimum Gasteiger partial charge on any atom is -0.465 e. The first-order chi connectivity index (χ1) is 8.75. The van der Waals surface area contributed by atoms with Crippen molar-refractivity contribution in [3.05, 3.63) is 33.8 Å². The number of hydrogen-bond donors (Lipinski definition) is 0. The molecule has 106 valence electrons. The molecule has 1 aromatic rings. The van der Waals surface area contributed by atoms with Crippen molar-refractivity contribution >= 4 is 33.5 Å². The summed E-state index contributed by atoms with van der Waals surface area (Å²) in [7, 11) is 0. The molecule has 0 fully saturated rings. The van der Waals surface area contributed by atoms with Crippen molar-refractivity contribution in [3.63, 3.8) is 0 Å². The molecule has 0 aliphatic carbocycles. The standard InChI is InChI=1S/C12H11BrClF3O2/c1-2-19-11(18)10(14)6-7-5-8(12(15,16)17)3-4-9(7)13/h3-5,10H,2,6H2,1H3. The Kier molecular flexibility index (Phi) is 5.67. The normalized spacial score (nSPS) is 13.2. The molecule has 1 unspecified atom stereocenters. The van der Waals surface area contributed by atoms with Crippen molar-refractivity contribution in [2.45, 2.75) is 24.9 Å². The van der Waals surface area contributed by atoms with E-state index in [-0.39, 0.29) is 13.0 Å². The van der Waals surface area contributed by atoms with Crippen molar-refractivity contribution in [2.75, 3.05) is 6.61 Å². The molecule has 0 saturated carbocycles. The van der Waals surface area contributed by atoms with Gasteiger partial charge in [-0.2, -0.15) is 13.2 Å². The van der Waals surface area contributed by atoms with Crippen LogP contribution in [0.4, 0.5) is 13.2 Å². The van der Waals surface area contributed by atoms with Gasteiger partial charge in [-0.25, -0.2) is 0 Å². The van der Waals surface area contributed by atoms with Crippen molar-refractivity contribution < 1.29 is 22.7 Å². The second-order valence-corrected chi connectivity index (χ2v) is 5.11. The monoisotopic (exact) mass is 358 g/mol. The van der Waals surface area contributed by atoms with Crippen molar-refractivity contribution in [1.29, 1.82) is 0 Å². The van der Waals surface area contributed by atoms with Gasteiger partial charge in [-0.15, -0.1) is 11.6 Å². The molecule has 0 radical (unpaired) electrons. The summed E-state index contributed by atoms with van der Waals surface area (Å²) < 4.78 is 42.9. The van der Waals surface area contributed by atoms with Gasteiger partial charge in [0.15, 0.2) is 0 Å². The van der Waals surface area contributed by atoms with E-state index >= 15 is 0 Å². The zero-order valence-electron chi connectivity index (χ0n) is 9.93. The van der Waals surface area contributed by atoms with E-state index in [1.807, 2.05) is 0 Å². The third-order valence-electron chi connectivity index (χ3n) is 2.31. The lowest BCUT2D eigenvalue weighted by molar-refractivity contribution is -0.142. The van der Waals surface area contributed by atoms with Crippen LogP contribution >= 0.6 is 27.5 Å². The maximum absolute atomic E-state index is 12.6. The van der Waals surface area contributed by atoms with Gasteiger partial charge < -0.3 is 4.74 Å². The third-order valence-corrected chi connectivity index (χ3v) is 3.42. The van der Waals surface area contributed by atoms with E-state index in [9.17, 15) is 18.0 Å². The molecule has 0 amide bonds. The molecule has 0 aliphatic rings. The van der Waals surface area contributed by atoms with Gasteiger partial charge in [-0.3, -0.25) is 4.79 Å². The molecular formula is C12H11BrClF3O2. The number of hydrogen-bond acceptors (Lipinski definition) is 2. The van der Waals surface area contributed by atoms with E-state index in [0.29, 0.717) is 10.0 Å². The van der Waals surface area contributed by atoms with E-state index < -0.39 is 23.1 Å². The smallest absolute Gasteiger partial charge is 0.416 e. The second kappa shape index (κ2) is 6.61. The van der Waals surface area contributed by atoms with Crippen molar-refractivity contribution in [1.82, 2.24) is 0 Å². The number of carbonyl (C=O) groups excluding carboxylic acids is 1. The Labute approximate surface area is 122 Å². The number of ether oxygens (including phenoxy) is 1. The topological polar surface area (TPSA) is 26.3 Å². The van der Waals surface area contributed by atoms with E-state index in [4.69, 9.17) is 16.3 Å². The maximum Gasteiger partial charge on any atom is 0.416 e. The van der Waals surface area contributed by atoms with Crippen LogP contribution in [-0.4, -0.2) is 18.0 Å². The lowest BCUT2D eigenvalue weighted by Gasteiger charge is -2.13. The van der Waals surface area contributed by atoms with Crippen LogP contribution < -0.4 is 0 Å². The van der Waals surface area contributed by atoms with E-state index in [1.165, 1.54) is 6.07 Å². The molecule has 0 aromatic heterocycles. The largest absolute Gasteiger partial charge is 0.465 e. The lowest BCUT2D eigenvalue weighted by Crippen LogP contribution is -2.20. The summed E-state index contributed by atoms with van der Waals surface area (Å²) in [4.78, 5) is 11.3. The van der Waals surface area contributed by atoms with Gasteiger partial charge >= 0.3 is 12.1 Å². The van der Waals surface area contributed by atoms with E-state index in [1.54, 1.807) is 6.92 Å². The van der Waals surface area contributed by atoms with Crippen molar-refractivity contribution in [3.8, 4) is 0 Å². The van der Waals surface area contributed by atoms with Gasteiger partial charge in [0.25, 0.3) is 0 Å². The van der Waals surface area contributed by atoms with Crippen molar-refractivity contribution in [2.24, 2.45) is 0 Å². The summed E-state index contributed by atoms with van der Waals surface area (Å²) in [6.07, 6.45) is -4.47. The van der Waals surface area contributed by atoms with Crippen LogP contribution in [0.15, 0.2) is 22.7 Å². The Morgan fingerprint density at radius 2 is 2.11 bits per heavy atom. The molecule has 0 bridgehead atoms. The molecule has 0 aliphatic heterocycles. The quantitative estimate of drug-likeness (QED) is 0.595. The number of rotatable bonds is 4. The molecule has 1 aromatic carbocycles. The zero-order chi connectivity index (χ0) is 14.6. The van der Waals surface area contributed by atoms with E-state index in [0.717, 1.165) is 12.1 Å². The van der Waals surface area contributed by atoms with Crippen LogP contribution in [0.1, 0.15) is 18.1 Å². The maximum atomic E-state index is 12.6. The summed E-state index contributed by atoms with van der Waals surface area (Å²) >= 11 is 8.94. The highest BCUT2D eigenvalue weighted by atomic mass is 79.9. The first-order valence-electron chi connectivity index (χ1n) is 5.42. The first kappa shape index (κ1) is 16.3. The third kappa shape index (κ3) is 4.69. The van der Waals surface area contributed by atoms with Gasteiger partial charge in [0.2, 0.25) is 0 Å². The molecule has 19 heavy (non-hydrogen) atoms. The van der Waals surface area contributed by atoms with Crippen LogP contribution in [-0.2, 0) is 22.1 Å². The molecule has 0 N–H and O–H groups in total. The fourth-order valence-corrected chi connectivity index (χ4v) is 2.05. The van der Waals surface area contributed by atoms with Gasteiger partial charge in [0.05, 0.1) is 12.2 Å². The van der Waals surface area contributed by atoms with Gasteiger partial charge in [0, 0.05) is 10.9 Å². The Bertz CT molecular complexity index is 463. The number of halogens is 5. The summed E-state index contributed by atoms with van der Waals surface area (Å²) in [5, 5.41) is -1.01. The Balaban J connectivity index is 2.91. The van der Waals surface area contributed by atoms with Crippen LogP contribution in [0.3, 0.4) is 0 Å². The van der Waals surface area contributed by atoms with E-state index in [2.05, 4.69) is 15.9 Å². The fourth-order valence-electron chi connectivity index (χ4n) is 1.42. The van der Waals surface area contributed by atoms with Gasteiger partial charge in [-0.05, 0) is 30.7 Å². The number of benzene rings is 1. The predicted molar refractivity (Wildman–Crippen MR) is 69.1 cm³/mol. The summed E-state index contributed by atoms with van der Waals surface area (Å²) in [5.41, 5.74) is -0.471.